The van der Waals surface area contributed by atoms with E-state index in [1.807, 2.05) is 65.2 Å². The second-order valence-electron chi connectivity index (χ2n) is 9.53. The number of aryl methyl sites for hydroxylation is 1. The van der Waals surface area contributed by atoms with Crippen molar-refractivity contribution in [3.63, 3.8) is 0 Å². The van der Waals surface area contributed by atoms with E-state index in [9.17, 15) is 4.79 Å². The average Bonchev–Trinajstić information content (AvgIpc) is 3.67. The summed E-state index contributed by atoms with van der Waals surface area (Å²) in [5.74, 6) is 0.00792. The summed E-state index contributed by atoms with van der Waals surface area (Å²) in [7, 11) is 0. The Labute approximate surface area is 265 Å². The Morgan fingerprint density at radius 3 is 2.67 bits per heavy atom. The van der Waals surface area contributed by atoms with Gasteiger partial charge in [0.2, 0.25) is 0 Å². The molecule has 0 saturated heterocycles. The van der Waals surface area contributed by atoms with Gasteiger partial charge in [0.1, 0.15) is 15.6 Å². The second-order valence-corrected chi connectivity index (χ2v) is 11.8. The first-order valence-corrected chi connectivity index (χ1v) is 15.7. The molecule has 1 amide bonds. The molecule has 0 fully saturated rings. The monoisotopic (exact) mass is 707 g/mol. The number of carbonyl (C=O) groups is 1. The van der Waals surface area contributed by atoms with Crippen LogP contribution in [0.15, 0.2) is 103 Å². The number of rotatable bonds is 9. The third-order valence-electron chi connectivity index (χ3n) is 6.77. The van der Waals surface area contributed by atoms with Crippen LogP contribution in [0.4, 0.5) is 15.8 Å². The van der Waals surface area contributed by atoms with Crippen LogP contribution in [0.1, 0.15) is 13.8 Å². The summed E-state index contributed by atoms with van der Waals surface area (Å²) in [5, 5.41) is 2.84. The number of nitrogens with one attached hydrogen (secondary N) is 1. The van der Waals surface area contributed by atoms with Gasteiger partial charge in [-0.15, -0.1) is 11.3 Å². The molecule has 1 aliphatic rings. The summed E-state index contributed by atoms with van der Waals surface area (Å²) >= 11 is 3.70. The fraction of sp³-hybridized carbons (Fsp3) is 0.156. The highest BCUT2D eigenvalue weighted by molar-refractivity contribution is 14.1. The molecule has 0 aliphatic carbocycles. The Hall–Kier alpha value is -4.23. The van der Waals surface area contributed by atoms with Gasteiger partial charge >= 0.3 is 0 Å². The lowest BCUT2D eigenvalue weighted by Gasteiger charge is -2.32. The number of pyridine rings is 1. The highest BCUT2D eigenvalue weighted by Gasteiger charge is 2.31. The lowest BCUT2D eigenvalue weighted by Crippen LogP contribution is -2.36. The van der Waals surface area contributed by atoms with Gasteiger partial charge in [-0.25, -0.2) is 9.37 Å². The number of thiophene rings is 1. The third kappa shape index (κ3) is 6.00. The molecule has 1 atom stereocenters. The van der Waals surface area contributed by atoms with Crippen molar-refractivity contribution in [2.45, 2.75) is 24.4 Å². The minimum Gasteiger partial charge on any atom is -0.493 e. The molecule has 11 heteroatoms. The Balaban J connectivity index is 1.22. The molecule has 0 radical (unpaired) electrons. The lowest BCUT2D eigenvalue weighted by atomic mass is 10.1. The fourth-order valence-electron chi connectivity index (χ4n) is 4.65. The van der Waals surface area contributed by atoms with Gasteiger partial charge in [0, 0.05) is 48.6 Å². The maximum absolute atomic E-state index is 15.3. The van der Waals surface area contributed by atoms with E-state index in [1.54, 1.807) is 30.7 Å². The average molecular weight is 708 g/mol. The highest BCUT2D eigenvalue weighted by Crippen LogP contribution is 2.39. The van der Waals surface area contributed by atoms with Crippen LogP contribution < -0.4 is 15.0 Å². The number of para-hydroxylation sites is 1. The molecule has 1 aliphatic heterocycles. The van der Waals surface area contributed by atoms with Crippen LogP contribution >= 0.6 is 33.9 Å². The summed E-state index contributed by atoms with van der Waals surface area (Å²) in [6.45, 7) is 5.15. The molecule has 0 saturated carbocycles. The number of nitrogens with zero attached hydrogens (tertiary/aromatic N) is 4. The molecule has 8 nitrogen and oxygen atoms in total. The van der Waals surface area contributed by atoms with Crippen molar-refractivity contribution in [3.8, 4) is 22.1 Å². The van der Waals surface area contributed by atoms with Crippen LogP contribution in [-0.2, 0) is 16.1 Å². The van der Waals surface area contributed by atoms with Crippen molar-refractivity contribution < 1.29 is 18.7 Å². The fourth-order valence-corrected chi connectivity index (χ4v) is 6.77. The Kier molecular flexibility index (Phi) is 8.43. The molecular formula is C32H27FIN5O3S. The molecule has 3 aromatic heterocycles. The zero-order chi connectivity index (χ0) is 29.9. The number of amides is 1. The van der Waals surface area contributed by atoms with Crippen LogP contribution in [-0.4, -0.2) is 31.1 Å². The van der Waals surface area contributed by atoms with Crippen molar-refractivity contribution >= 4 is 61.4 Å². The Bertz CT molecular complexity index is 1850. The van der Waals surface area contributed by atoms with Gasteiger partial charge in [0.15, 0.2) is 11.6 Å². The minimum atomic E-state index is -0.610. The molecule has 6 rings (SSSR count). The number of hydrogen-bond acceptors (Lipinski definition) is 7. The normalized spacial score (nSPS) is 14.8. The number of allylic oxidation sites excluding steroid dienone is 1. The summed E-state index contributed by atoms with van der Waals surface area (Å²) in [5.41, 5.74) is 3.26. The smallest absolute Gasteiger partial charge is 0.258 e. The number of alkyl halides is 1. The van der Waals surface area contributed by atoms with E-state index in [0.717, 1.165) is 33.0 Å². The standard InChI is InChI=1S/C32H27FIN5O3S/c1-3-38-18-24(36-19-38)28-17-23-30(43-28)27(12-14-35-23)42-25-11-10-20(16-22(25)33)37-32(40)29-26(41-4-2)13-15-39(31(29)34)21-8-6-5-7-9-21/h5-19,31H,3-4H2,1-2H3,(H,37,40). The maximum Gasteiger partial charge on any atom is 0.258 e. The zero-order valence-electron chi connectivity index (χ0n) is 23.3. The van der Waals surface area contributed by atoms with E-state index in [0.29, 0.717) is 29.4 Å². The first-order chi connectivity index (χ1) is 20.9. The number of anilines is 2. The molecule has 2 aromatic carbocycles. The van der Waals surface area contributed by atoms with Crippen LogP contribution in [0.25, 0.3) is 20.8 Å². The predicted molar refractivity (Wildman–Crippen MR) is 176 cm³/mol. The van der Waals surface area contributed by atoms with Crippen LogP contribution in [0.2, 0.25) is 0 Å². The number of halogens is 2. The van der Waals surface area contributed by atoms with E-state index in [1.165, 1.54) is 23.5 Å². The van der Waals surface area contributed by atoms with Gasteiger partial charge in [-0.3, -0.25) is 9.78 Å². The van der Waals surface area contributed by atoms with Crippen LogP contribution in [0.3, 0.4) is 0 Å². The number of carbonyl (C=O) groups excluding carboxylic acids is 1. The quantitative estimate of drug-likeness (QED) is 0.0947. The van der Waals surface area contributed by atoms with Gasteiger partial charge < -0.3 is 24.3 Å². The predicted octanol–water partition coefficient (Wildman–Crippen LogP) is 8.14. The van der Waals surface area contributed by atoms with E-state index >= 15 is 4.39 Å². The summed E-state index contributed by atoms with van der Waals surface area (Å²) < 4.78 is 29.6. The molecule has 0 spiro atoms. The molecule has 1 unspecified atom stereocenters. The highest BCUT2D eigenvalue weighted by atomic mass is 127. The Morgan fingerprint density at radius 2 is 1.93 bits per heavy atom. The summed E-state index contributed by atoms with van der Waals surface area (Å²) in [4.78, 5) is 25.4. The topological polar surface area (TPSA) is 81.5 Å². The van der Waals surface area contributed by atoms with Crippen molar-refractivity contribution in [1.29, 1.82) is 0 Å². The van der Waals surface area contributed by atoms with E-state index in [2.05, 4.69) is 44.8 Å². The van der Waals surface area contributed by atoms with Crippen LogP contribution in [0, 0.1) is 5.82 Å². The van der Waals surface area contributed by atoms with E-state index in [-0.39, 0.29) is 15.7 Å². The van der Waals surface area contributed by atoms with Crippen molar-refractivity contribution in [2.75, 3.05) is 16.8 Å². The number of imidazole rings is 1. The Morgan fingerprint density at radius 1 is 1.09 bits per heavy atom. The molecule has 5 aromatic rings. The van der Waals surface area contributed by atoms with Gasteiger partial charge in [-0.05, 0) is 50.3 Å². The molecule has 218 valence electrons. The third-order valence-corrected chi connectivity index (χ3v) is 9.15. The zero-order valence-corrected chi connectivity index (χ0v) is 26.3. The number of fused-ring (bicyclic) bond motifs is 1. The SMILES string of the molecule is CCOC1=C(C(=O)Nc2ccc(Oc3ccnc4cc(-c5cn(CC)cn5)sc34)c(F)c2)C(I)N(c2ccccc2)C=C1. The molecular weight excluding hydrogens is 680 g/mol. The van der Waals surface area contributed by atoms with Gasteiger partial charge in [-0.2, -0.15) is 0 Å². The van der Waals surface area contributed by atoms with Crippen LogP contribution in [0.5, 0.6) is 11.5 Å². The first kappa shape index (κ1) is 28.9. The molecule has 4 heterocycles. The number of ether oxygens (including phenoxy) is 2. The molecule has 1 N–H and O–H groups in total. The maximum atomic E-state index is 15.3. The lowest BCUT2D eigenvalue weighted by molar-refractivity contribution is -0.113. The minimum absolute atomic E-state index is 0.0348. The summed E-state index contributed by atoms with van der Waals surface area (Å²) in [6.07, 6.45) is 9.07. The molecule has 43 heavy (non-hydrogen) atoms. The van der Waals surface area contributed by atoms with Crippen molar-refractivity contribution in [1.82, 2.24) is 14.5 Å². The number of hydrogen-bond donors (Lipinski definition) is 1. The number of benzene rings is 2. The largest absolute Gasteiger partial charge is 0.493 e. The van der Waals surface area contributed by atoms with Crippen molar-refractivity contribution in [3.05, 3.63) is 109 Å². The van der Waals surface area contributed by atoms with Gasteiger partial charge in [-0.1, -0.05) is 40.8 Å². The van der Waals surface area contributed by atoms with Gasteiger partial charge in [0.05, 0.1) is 39.3 Å². The number of aromatic nitrogens is 3. The first-order valence-electron chi connectivity index (χ1n) is 13.7. The van der Waals surface area contributed by atoms with E-state index < -0.39 is 5.82 Å². The summed E-state index contributed by atoms with van der Waals surface area (Å²) in [6, 6.07) is 17.8. The molecule has 0 bridgehead atoms. The second kappa shape index (κ2) is 12.6. The van der Waals surface area contributed by atoms with E-state index in [4.69, 9.17) is 9.47 Å². The van der Waals surface area contributed by atoms with Crippen molar-refractivity contribution in [2.24, 2.45) is 0 Å². The van der Waals surface area contributed by atoms with Gasteiger partial charge in [0.25, 0.3) is 5.91 Å².